The first-order chi connectivity index (χ1) is 10.6. The van der Waals surface area contributed by atoms with Gasteiger partial charge in [0.2, 0.25) is 0 Å². The van der Waals surface area contributed by atoms with Crippen LogP contribution in [0.25, 0.3) is 11.0 Å². The van der Waals surface area contributed by atoms with Crippen molar-refractivity contribution in [2.45, 2.75) is 0 Å². The molecule has 0 aliphatic rings. The third-order valence-electron chi connectivity index (χ3n) is 3.08. The van der Waals surface area contributed by atoms with Crippen molar-refractivity contribution in [3.8, 4) is 0 Å². The van der Waals surface area contributed by atoms with Crippen LogP contribution in [0.1, 0.15) is 10.4 Å². The summed E-state index contributed by atoms with van der Waals surface area (Å²) in [6.07, 6.45) is 1.43. The molecule has 0 bridgehead atoms. The molecule has 1 N–H and O–H groups in total. The van der Waals surface area contributed by atoms with Crippen LogP contribution in [-0.2, 0) is 0 Å². The molecule has 1 heterocycles. The van der Waals surface area contributed by atoms with E-state index in [4.69, 9.17) is 11.6 Å². The van der Waals surface area contributed by atoms with Gasteiger partial charge < -0.3 is 0 Å². The molecule has 0 atom stereocenters. The number of nitro groups is 1. The minimum Gasteiger partial charge on any atom is -0.267 e. The largest absolute Gasteiger partial charge is 0.283 e. The van der Waals surface area contributed by atoms with Crippen molar-refractivity contribution in [2.75, 3.05) is 5.43 Å². The zero-order valence-electron chi connectivity index (χ0n) is 11.1. The molecular weight excluding hydrogens is 308 g/mol. The van der Waals surface area contributed by atoms with Gasteiger partial charge >= 0.3 is 0 Å². The Morgan fingerprint density at radius 1 is 1.27 bits per heavy atom. The molecule has 0 fully saturated rings. The Balaban J connectivity index is 1.97. The number of benzene rings is 2. The molecule has 3 aromatic rings. The first-order valence-corrected chi connectivity index (χ1v) is 6.61. The number of aromatic nitrogens is 2. The fourth-order valence-electron chi connectivity index (χ4n) is 2.07. The van der Waals surface area contributed by atoms with Crippen LogP contribution < -0.4 is 5.43 Å². The van der Waals surface area contributed by atoms with Gasteiger partial charge in [-0.05, 0) is 24.3 Å². The van der Waals surface area contributed by atoms with Crippen LogP contribution in [0.5, 0.6) is 0 Å². The standard InChI is InChI=1S/C14H9ClN4O3/c15-9-5-6-10(13(7-9)19(21)22)14(20)17-18-8-16-11-3-1-2-4-12(11)18/h1-8H,(H,17,20). The van der Waals surface area contributed by atoms with Crippen molar-refractivity contribution in [3.05, 3.63) is 69.5 Å². The number of amides is 1. The molecule has 0 radical (unpaired) electrons. The quantitative estimate of drug-likeness (QED) is 0.594. The highest BCUT2D eigenvalue weighted by atomic mass is 35.5. The van der Waals surface area contributed by atoms with Gasteiger partial charge in [-0.3, -0.25) is 20.3 Å². The van der Waals surface area contributed by atoms with Crippen LogP contribution in [0.2, 0.25) is 5.02 Å². The summed E-state index contributed by atoms with van der Waals surface area (Å²) in [7, 11) is 0. The minimum absolute atomic E-state index is 0.0767. The van der Waals surface area contributed by atoms with Crippen LogP contribution in [0.3, 0.4) is 0 Å². The van der Waals surface area contributed by atoms with Crippen molar-refractivity contribution in [1.82, 2.24) is 9.66 Å². The highest BCUT2D eigenvalue weighted by molar-refractivity contribution is 6.31. The molecule has 2 aromatic carbocycles. The van der Waals surface area contributed by atoms with Crippen molar-refractivity contribution < 1.29 is 9.72 Å². The van der Waals surface area contributed by atoms with E-state index in [1.807, 2.05) is 6.07 Å². The van der Waals surface area contributed by atoms with Crippen molar-refractivity contribution in [2.24, 2.45) is 0 Å². The zero-order chi connectivity index (χ0) is 15.7. The zero-order valence-corrected chi connectivity index (χ0v) is 11.8. The Bertz CT molecular complexity index is 891. The average Bonchev–Trinajstić information content (AvgIpc) is 2.90. The molecule has 1 amide bonds. The van der Waals surface area contributed by atoms with Crippen molar-refractivity contribution in [3.63, 3.8) is 0 Å². The molecular formula is C14H9ClN4O3. The maximum absolute atomic E-state index is 12.3. The first-order valence-electron chi connectivity index (χ1n) is 6.23. The molecule has 0 aliphatic carbocycles. The maximum atomic E-state index is 12.3. The molecule has 8 heteroatoms. The number of hydrogen-bond donors (Lipinski definition) is 1. The second-order valence-electron chi connectivity index (χ2n) is 4.46. The number of nitro benzene ring substituents is 1. The summed E-state index contributed by atoms with van der Waals surface area (Å²) in [6, 6.07) is 11.1. The summed E-state index contributed by atoms with van der Waals surface area (Å²) in [4.78, 5) is 26.8. The van der Waals surface area contributed by atoms with Crippen LogP contribution >= 0.6 is 11.6 Å². The lowest BCUT2D eigenvalue weighted by Gasteiger charge is -2.07. The summed E-state index contributed by atoms with van der Waals surface area (Å²) >= 11 is 5.74. The fraction of sp³-hybridized carbons (Fsp3) is 0. The van der Waals surface area contributed by atoms with E-state index in [1.54, 1.807) is 18.2 Å². The number of carbonyl (C=O) groups excluding carboxylic acids is 1. The lowest BCUT2D eigenvalue weighted by molar-refractivity contribution is -0.385. The van der Waals surface area contributed by atoms with Crippen LogP contribution in [0, 0.1) is 10.1 Å². The fourth-order valence-corrected chi connectivity index (χ4v) is 2.23. The van der Waals surface area contributed by atoms with E-state index < -0.39 is 10.8 Å². The van der Waals surface area contributed by atoms with Gasteiger partial charge in [-0.15, -0.1) is 0 Å². The minimum atomic E-state index is -0.646. The van der Waals surface area contributed by atoms with Crippen molar-refractivity contribution >= 4 is 34.2 Å². The van der Waals surface area contributed by atoms with Gasteiger partial charge in [0, 0.05) is 11.1 Å². The van der Waals surface area contributed by atoms with Gasteiger partial charge in [-0.25, -0.2) is 9.66 Å². The number of para-hydroxylation sites is 2. The summed E-state index contributed by atoms with van der Waals surface area (Å²) in [5.41, 5.74) is 3.52. The predicted octanol–water partition coefficient (Wildman–Crippen LogP) is 2.98. The average molecular weight is 317 g/mol. The highest BCUT2D eigenvalue weighted by Gasteiger charge is 2.21. The summed E-state index contributed by atoms with van der Waals surface area (Å²) in [5.74, 6) is -0.619. The molecule has 110 valence electrons. The van der Waals surface area contributed by atoms with Gasteiger partial charge in [-0.2, -0.15) is 0 Å². The molecule has 3 rings (SSSR count). The predicted molar refractivity (Wildman–Crippen MR) is 81.5 cm³/mol. The second kappa shape index (κ2) is 5.45. The van der Waals surface area contributed by atoms with Gasteiger partial charge in [0.25, 0.3) is 11.6 Å². The normalized spacial score (nSPS) is 10.6. The lowest BCUT2D eigenvalue weighted by Crippen LogP contribution is -2.22. The van der Waals surface area contributed by atoms with Crippen molar-refractivity contribution in [1.29, 1.82) is 0 Å². The number of nitrogens with one attached hydrogen (secondary N) is 1. The monoisotopic (exact) mass is 316 g/mol. The van der Waals surface area contributed by atoms with E-state index in [9.17, 15) is 14.9 Å². The molecule has 0 saturated heterocycles. The third kappa shape index (κ3) is 2.49. The topological polar surface area (TPSA) is 90.1 Å². The van der Waals surface area contributed by atoms with E-state index in [-0.39, 0.29) is 16.3 Å². The van der Waals surface area contributed by atoms with Gasteiger partial charge in [0.15, 0.2) is 0 Å². The summed E-state index contributed by atoms with van der Waals surface area (Å²) in [5, 5.41) is 11.2. The van der Waals surface area contributed by atoms with Gasteiger partial charge in [-0.1, -0.05) is 23.7 Å². The van der Waals surface area contributed by atoms with E-state index >= 15 is 0 Å². The molecule has 1 aromatic heterocycles. The molecule has 0 unspecified atom stereocenters. The molecule has 0 spiro atoms. The Kier molecular flexibility index (Phi) is 3.48. The molecule has 7 nitrogen and oxygen atoms in total. The molecule has 22 heavy (non-hydrogen) atoms. The molecule has 0 saturated carbocycles. The number of rotatable bonds is 3. The number of imidazole rings is 1. The Hall–Kier alpha value is -2.93. The van der Waals surface area contributed by atoms with Crippen LogP contribution in [0.4, 0.5) is 5.69 Å². The summed E-state index contributed by atoms with van der Waals surface area (Å²) in [6.45, 7) is 0. The first kappa shape index (κ1) is 14.0. The van der Waals surface area contributed by atoms with Crippen LogP contribution in [0.15, 0.2) is 48.8 Å². The number of fused-ring (bicyclic) bond motifs is 1. The van der Waals surface area contributed by atoms with E-state index in [0.29, 0.717) is 11.0 Å². The van der Waals surface area contributed by atoms with Crippen LogP contribution in [-0.4, -0.2) is 20.5 Å². The van der Waals surface area contributed by atoms with E-state index in [1.165, 1.54) is 23.1 Å². The smallest absolute Gasteiger partial charge is 0.267 e. The number of carbonyl (C=O) groups is 1. The Labute approximate surface area is 129 Å². The maximum Gasteiger partial charge on any atom is 0.283 e. The summed E-state index contributed by atoms with van der Waals surface area (Å²) < 4.78 is 1.41. The SMILES string of the molecule is O=C(Nn1cnc2ccccc21)c1ccc(Cl)cc1[N+](=O)[O-]. The number of halogens is 1. The molecule has 0 aliphatic heterocycles. The number of nitrogens with zero attached hydrogens (tertiary/aromatic N) is 3. The Morgan fingerprint density at radius 2 is 2.05 bits per heavy atom. The van der Waals surface area contributed by atoms with E-state index in [0.717, 1.165) is 6.07 Å². The van der Waals surface area contributed by atoms with E-state index in [2.05, 4.69) is 10.4 Å². The highest BCUT2D eigenvalue weighted by Crippen LogP contribution is 2.23. The Morgan fingerprint density at radius 3 is 2.82 bits per heavy atom. The van der Waals surface area contributed by atoms with Gasteiger partial charge in [0.05, 0.1) is 16.0 Å². The second-order valence-corrected chi connectivity index (χ2v) is 4.90. The lowest BCUT2D eigenvalue weighted by atomic mass is 10.2. The number of hydrogen-bond acceptors (Lipinski definition) is 4. The third-order valence-corrected chi connectivity index (χ3v) is 3.31. The van der Waals surface area contributed by atoms with Gasteiger partial charge in [0.1, 0.15) is 11.9 Å².